The molecule has 0 radical (unpaired) electrons. The Labute approximate surface area is 345 Å². The number of benzene rings is 2. The minimum absolute atomic E-state index is 0.0139. The van der Waals surface area contributed by atoms with Crippen molar-refractivity contribution >= 4 is 9.03 Å². The molecule has 2 nitrogen and oxygen atoms in total. The van der Waals surface area contributed by atoms with Gasteiger partial charge in [-0.15, -0.1) is 0 Å². The summed E-state index contributed by atoms with van der Waals surface area (Å²) in [5.41, 5.74) is 5.93. The average molecular weight is 779 g/mol. The van der Waals surface area contributed by atoms with E-state index >= 15 is 0 Å². The maximum Gasteiger partial charge on any atom is 0.275 e. The summed E-state index contributed by atoms with van der Waals surface area (Å²) in [7, 11) is -0.0139. The molecule has 316 valence electrons. The van der Waals surface area contributed by atoms with E-state index < -0.39 is 0 Å². The molecule has 0 aliphatic carbocycles. The van der Waals surface area contributed by atoms with E-state index in [1.54, 1.807) is 0 Å². The molecular weight excluding hydrogens is 688 g/mol. The molecule has 0 bridgehead atoms. The lowest BCUT2D eigenvalue weighted by Crippen LogP contribution is -2.01. The minimum atomic E-state index is -0.0139. The lowest BCUT2D eigenvalue weighted by Gasteiger charge is -2.18. The van der Waals surface area contributed by atoms with Crippen molar-refractivity contribution in [1.29, 1.82) is 0 Å². The van der Waals surface area contributed by atoms with E-state index in [9.17, 15) is 0 Å². The summed E-state index contributed by atoms with van der Waals surface area (Å²) in [6, 6.07) is 13.7. The number of rotatable bonds is 40. The molecule has 0 unspecified atom stereocenters. The highest BCUT2D eigenvalue weighted by Gasteiger charge is 2.14. The predicted molar refractivity (Wildman–Crippen MR) is 248 cm³/mol. The van der Waals surface area contributed by atoms with Crippen LogP contribution in [0.1, 0.15) is 255 Å². The Hall–Kier alpha value is -1.53. The molecule has 0 aromatic heterocycles. The highest BCUT2D eigenvalue weighted by molar-refractivity contribution is 7.27. The molecule has 0 N–H and O–H groups in total. The SMILES string of the molecule is CCCCCCCCCCc1cccc(OPOc2cccc(CCCCCCCCCC)c2CCCCCCCCCC)c1CCCCCCCCCC. The summed E-state index contributed by atoms with van der Waals surface area (Å²) in [6.07, 6.45) is 48.2. The van der Waals surface area contributed by atoms with Crippen LogP contribution in [0.5, 0.6) is 11.5 Å². The van der Waals surface area contributed by atoms with Crippen LogP contribution in [0, 0.1) is 0 Å². The molecule has 2 aromatic rings. The fraction of sp³-hybridized carbons (Fsp3) is 0.769. The van der Waals surface area contributed by atoms with Crippen LogP contribution in [0.2, 0.25) is 0 Å². The summed E-state index contributed by atoms with van der Waals surface area (Å²) < 4.78 is 13.3. The standard InChI is InChI=1S/C52H91O2P/c1-5-9-13-17-21-25-29-33-39-47-41-37-45-51(49(47)43-35-31-27-23-19-15-11-7-3)53-55-54-52-46-38-42-48(40-34-30-26-22-18-14-10-6-2)50(52)44-36-32-28-24-20-16-12-8-4/h37-38,41-42,45-46,55H,5-36,39-40,43-44H2,1-4H3. The molecule has 0 fully saturated rings. The van der Waals surface area contributed by atoms with Crippen molar-refractivity contribution in [3.63, 3.8) is 0 Å². The maximum atomic E-state index is 6.63. The van der Waals surface area contributed by atoms with E-state index in [-0.39, 0.29) is 9.03 Å². The molecule has 0 saturated carbocycles. The van der Waals surface area contributed by atoms with Gasteiger partial charge in [0.25, 0.3) is 9.03 Å². The van der Waals surface area contributed by atoms with Crippen molar-refractivity contribution in [2.24, 2.45) is 0 Å². The molecule has 0 spiro atoms. The molecule has 55 heavy (non-hydrogen) atoms. The van der Waals surface area contributed by atoms with E-state index in [0.717, 1.165) is 24.3 Å². The van der Waals surface area contributed by atoms with Gasteiger partial charge in [-0.3, -0.25) is 0 Å². The summed E-state index contributed by atoms with van der Waals surface area (Å²) >= 11 is 0. The largest absolute Gasteiger partial charge is 0.440 e. The molecule has 2 aromatic carbocycles. The Bertz CT molecular complexity index is 1040. The fourth-order valence-electron chi connectivity index (χ4n) is 8.33. The number of hydrogen-bond donors (Lipinski definition) is 0. The van der Waals surface area contributed by atoms with Crippen LogP contribution in [0.4, 0.5) is 0 Å². The first kappa shape index (κ1) is 49.6. The van der Waals surface area contributed by atoms with Gasteiger partial charge in [-0.05, 0) is 85.8 Å². The first-order valence-corrected chi connectivity index (χ1v) is 25.4. The molecule has 0 atom stereocenters. The number of hydrogen-bond acceptors (Lipinski definition) is 2. The number of unbranched alkanes of at least 4 members (excludes halogenated alkanes) is 28. The maximum absolute atomic E-state index is 6.63. The Morgan fingerprint density at radius 1 is 0.309 bits per heavy atom. The van der Waals surface area contributed by atoms with E-state index in [1.165, 1.54) is 241 Å². The van der Waals surface area contributed by atoms with Crippen LogP contribution in [-0.2, 0) is 25.7 Å². The summed E-state index contributed by atoms with van der Waals surface area (Å²) in [5, 5.41) is 0. The van der Waals surface area contributed by atoms with Gasteiger partial charge in [0, 0.05) is 0 Å². The Kier molecular flexibility index (Phi) is 33.2. The van der Waals surface area contributed by atoms with E-state index in [4.69, 9.17) is 9.05 Å². The van der Waals surface area contributed by atoms with Crippen LogP contribution in [0.15, 0.2) is 36.4 Å². The second kappa shape index (κ2) is 36.8. The zero-order valence-corrected chi connectivity index (χ0v) is 38.2. The van der Waals surface area contributed by atoms with Gasteiger partial charge in [0.15, 0.2) is 0 Å². The first-order chi connectivity index (χ1) is 27.2. The van der Waals surface area contributed by atoms with Gasteiger partial charge in [-0.2, -0.15) is 0 Å². The molecular formula is C52H91O2P. The lowest BCUT2D eigenvalue weighted by molar-refractivity contribution is 0.501. The minimum Gasteiger partial charge on any atom is -0.440 e. The van der Waals surface area contributed by atoms with Gasteiger partial charge in [0.05, 0.1) is 0 Å². The molecule has 3 heteroatoms. The molecule has 0 saturated heterocycles. The van der Waals surface area contributed by atoms with Gasteiger partial charge in [0.1, 0.15) is 11.5 Å². The smallest absolute Gasteiger partial charge is 0.275 e. The van der Waals surface area contributed by atoms with Crippen molar-refractivity contribution in [2.45, 2.75) is 259 Å². The van der Waals surface area contributed by atoms with E-state index in [0.29, 0.717) is 0 Å². The van der Waals surface area contributed by atoms with Crippen molar-refractivity contribution in [2.75, 3.05) is 0 Å². The molecule has 0 aliphatic heterocycles. The summed E-state index contributed by atoms with van der Waals surface area (Å²) in [4.78, 5) is 0. The Balaban J connectivity index is 2.04. The van der Waals surface area contributed by atoms with Crippen LogP contribution in [0.3, 0.4) is 0 Å². The summed E-state index contributed by atoms with van der Waals surface area (Å²) in [6.45, 7) is 9.23. The summed E-state index contributed by atoms with van der Waals surface area (Å²) in [5.74, 6) is 2.14. The van der Waals surface area contributed by atoms with Crippen LogP contribution >= 0.6 is 9.03 Å². The fourth-order valence-corrected chi connectivity index (χ4v) is 8.93. The third-order valence-electron chi connectivity index (χ3n) is 11.9. The van der Waals surface area contributed by atoms with E-state index in [2.05, 4.69) is 64.1 Å². The van der Waals surface area contributed by atoms with Crippen molar-refractivity contribution in [3.8, 4) is 11.5 Å². The van der Waals surface area contributed by atoms with Gasteiger partial charge < -0.3 is 9.05 Å². The second-order valence-electron chi connectivity index (χ2n) is 17.0. The monoisotopic (exact) mass is 779 g/mol. The lowest BCUT2D eigenvalue weighted by atomic mass is 9.95. The topological polar surface area (TPSA) is 18.5 Å². The highest BCUT2D eigenvalue weighted by atomic mass is 31.1. The van der Waals surface area contributed by atoms with Crippen LogP contribution in [0.25, 0.3) is 0 Å². The highest BCUT2D eigenvalue weighted by Crippen LogP contribution is 2.35. The van der Waals surface area contributed by atoms with E-state index in [1.807, 2.05) is 0 Å². The second-order valence-corrected chi connectivity index (χ2v) is 17.5. The van der Waals surface area contributed by atoms with Crippen molar-refractivity contribution < 1.29 is 9.05 Å². The first-order valence-electron chi connectivity index (χ1n) is 24.5. The predicted octanol–water partition coefficient (Wildman–Crippen LogP) is 18.4. The van der Waals surface area contributed by atoms with Gasteiger partial charge in [-0.1, -0.05) is 232 Å². The van der Waals surface area contributed by atoms with Crippen molar-refractivity contribution in [1.82, 2.24) is 0 Å². The van der Waals surface area contributed by atoms with Crippen LogP contribution < -0.4 is 9.05 Å². The normalized spacial score (nSPS) is 11.4. The third-order valence-corrected chi connectivity index (χ3v) is 12.5. The van der Waals surface area contributed by atoms with Crippen LogP contribution in [-0.4, -0.2) is 0 Å². The Morgan fingerprint density at radius 2 is 0.564 bits per heavy atom. The van der Waals surface area contributed by atoms with Gasteiger partial charge in [-0.25, -0.2) is 0 Å². The molecule has 0 amide bonds. The molecule has 0 heterocycles. The van der Waals surface area contributed by atoms with Crippen molar-refractivity contribution in [3.05, 3.63) is 58.7 Å². The number of aryl methyl sites for hydroxylation is 2. The quantitative estimate of drug-likeness (QED) is 0.0495. The van der Waals surface area contributed by atoms with Gasteiger partial charge in [0.2, 0.25) is 0 Å². The average Bonchev–Trinajstić information content (AvgIpc) is 3.20. The Morgan fingerprint density at radius 3 is 0.855 bits per heavy atom. The third kappa shape index (κ3) is 25.4. The zero-order chi connectivity index (χ0) is 39.3. The molecule has 2 rings (SSSR count). The molecule has 0 aliphatic rings. The zero-order valence-electron chi connectivity index (χ0n) is 37.2. The van der Waals surface area contributed by atoms with Gasteiger partial charge >= 0.3 is 0 Å².